The van der Waals surface area contributed by atoms with Crippen molar-refractivity contribution in [2.45, 2.75) is 51.2 Å². The van der Waals surface area contributed by atoms with Crippen molar-refractivity contribution < 1.29 is 32.6 Å². The monoisotopic (exact) mass is 637 g/mol. The third kappa shape index (κ3) is 7.11. The topological polar surface area (TPSA) is 129 Å². The van der Waals surface area contributed by atoms with E-state index >= 15 is 0 Å². The molecule has 1 fully saturated rings. The smallest absolute Gasteiger partial charge is 0.410 e. The summed E-state index contributed by atoms with van der Waals surface area (Å²) in [6, 6.07) is 13.2. The lowest BCUT2D eigenvalue weighted by Crippen LogP contribution is -2.47. The summed E-state index contributed by atoms with van der Waals surface area (Å²) in [6.07, 6.45) is 2.12. The van der Waals surface area contributed by atoms with Gasteiger partial charge in [-0.05, 0) is 63.9 Å². The van der Waals surface area contributed by atoms with Crippen LogP contribution in [-0.2, 0) is 9.53 Å². The maximum absolute atomic E-state index is 14.9. The quantitative estimate of drug-likeness (QED) is 0.379. The van der Waals surface area contributed by atoms with Crippen LogP contribution in [0.4, 0.5) is 42.4 Å². The third-order valence-corrected chi connectivity index (χ3v) is 7.60. The van der Waals surface area contributed by atoms with E-state index in [1.54, 1.807) is 53.4 Å². The summed E-state index contributed by atoms with van der Waals surface area (Å²) >= 11 is 0. The molecule has 0 aliphatic carbocycles. The minimum Gasteiger partial charge on any atom is -0.495 e. The Morgan fingerprint density at radius 2 is 1.76 bits per heavy atom. The molecule has 12 nitrogen and oxygen atoms in total. The molecule has 244 valence electrons. The second kappa shape index (κ2) is 12.8. The Morgan fingerprint density at radius 1 is 1.07 bits per heavy atom. The fourth-order valence-electron chi connectivity index (χ4n) is 5.24. The van der Waals surface area contributed by atoms with Crippen molar-refractivity contribution in [2.75, 3.05) is 48.9 Å². The Morgan fingerprint density at radius 3 is 2.41 bits per heavy atom. The second-order valence-electron chi connectivity index (χ2n) is 12.1. The third-order valence-electron chi connectivity index (χ3n) is 7.60. The highest BCUT2D eigenvalue weighted by Crippen LogP contribution is 2.40. The number of anilines is 5. The number of alkyl halides is 2. The molecule has 2 aliphatic rings. The van der Waals surface area contributed by atoms with Gasteiger partial charge in [-0.2, -0.15) is 13.8 Å². The van der Waals surface area contributed by atoms with Gasteiger partial charge in [0.15, 0.2) is 5.82 Å². The number of aromatic nitrogens is 2. The van der Waals surface area contributed by atoms with Crippen LogP contribution in [0.3, 0.4) is 0 Å². The zero-order chi connectivity index (χ0) is 33.2. The molecule has 1 saturated heterocycles. The molecule has 0 saturated carbocycles. The van der Waals surface area contributed by atoms with Crippen LogP contribution >= 0.6 is 0 Å². The molecule has 5 rings (SSSR count). The molecule has 3 aromatic rings. The van der Waals surface area contributed by atoms with Crippen LogP contribution in [0.25, 0.3) is 0 Å². The molecule has 3 amide bonds. The first-order chi connectivity index (χ1) is 21.8. The van der Waals surface area contributed by atoms with E-state index in [1.165, 1.54) is 25.3 Å². The average Bonchev–Trinajstić information content (AvgIpc) is 3.09. The van der Waals surface area contributed by atoms with Gasteiger partial charge < -0.3 is 34.8 Å². The highest BCUT2D eigenvalue weighted by atomic mass is 19.3. The fraction of sp³-hybridized carbons (Fsp3) is 0.406. The van der Waals surface area contributed by atoms with E-state index < -0.39 is 24.0 Å². The Balaban J connectivity index is 1.31. The van der Waals surface area contributed by atoms with Crippen LogP contribution in [0.5, 0.6) is 5.75 Å². The van der Waals surface area contributed by atoms with Crippen molar-refractivity contribution in [3.8, 4) is 5.75 Å². The lowest BCUT2D eigenvalue weighted by atomic mass is 10.0. The molecule has 14 heteroatoms. The summed E-state index contributed by atoms with van der Waals surface area (Å²) < 4.78 is 40.9. The number of piperidine rings is 1. The standard InChI is InChI=1S/C32H37F2N7O5/c1-31(2,3)46-30(44)40-15-13-21(14-16-40)36-27(42)20-11-12-23(25(17-20)45-5)37-29-35-18-24-26(38-29)41(22-9-7-6-8-10-22)19-32(33,34)28(43)39(24)4/h6-12,17-18,21H,13-16,19H2,1-5H3,(H,36,42)(H,35,37,38). The lowest BCUT2D eigenvalue weighted by molar-refractivity contribution is -0.140. The normalized spacial score (nSPS) is 16.8. The molecule has 0 radical (unpaired) electrons. The van der Waals surface area contributed by atoms with Crippen LogP contribution in [0.15, 0.2) is 54.7 Å². The van der Waals surface area contributed by atoms with Crippen LogP contribution in [0, 0.1) is 0 Å². The first-order valence-electron chi connectivity index (χ1n) is 14.9. The molecular weight excluding hydrogens is 600 g/mol. The zero-order valence-corrected chi connectivity index (χ0v) is 26.3. The molecule has 2 N–H and O–H groups in total. The predicted octanol–water partition coefficient (Wildman–Crippen LogP) is 5.11. The zero-order valence-electron chi connectivity index (χ0n) is 26.3. The number of para-hydroxylation sites is 1. The Bertz CT molecular complexity index is 1610. The van der Waals surface area contributed by atoms with Crippen LogP contribution < -0.4 is 25.2 Å². The van der Waals surface area contributed by atoms with Gasteiger partial charge in [-0.15, -0.1) is 0 Å². The van der Waals surface area contributed by atoms with Crippen molar-refractivity contribution >= 4 is 46.7 Å². The molecule has 2 aromatic carbocycles. The van der Waals surface area contributed by atoms with Gasteiger partial charge in [0.2, 0.25) is 5.95 Å². The Labute approximate surface area is 265 Å². The summed E-state index contributed by atoms with van der Waals surface area (Å²) in [7, 11) is 2.71. The van der Waals surface area contributed by atoms with Crippen molar-refractivity contribution in [2.24, 2.45) is 0 Å². The number of carbonyl (C=O) groups excluding carboxylic acids is 3. The molecular formula is C32H37F2N7O5. The minimum atomic E-state index is -3.67. The first-order valence-corrected chi connectivity index (χ1v) is 14.9. The van der Waals surface area contributed by atoms with E-state index in [9.17, 15) is 23.2 Å². The van der Waals surface area contributed by atoms with Gasteiger partial charge in [0, 0.05) is 37.4 Å². The van der Waals surface area contributed by atoms with Crippen molar-refractivity contribution in [1.82, 2.24) is 20.2 Å². The predicted molar refractivity (Wildman–Crippen MR) is 168 cm³/mol. The van der Waals surface area contributed by atoms with Gasteiger partial charge in [0.1, 0.15) is 17.0 Å². The molecule has 2 aliphatic heterocycles. The first kappa shape index (κ1) is 32.4. The van der Waals surface area contributed by atoms with Gasteiger partial charge >= 0.3 is 12.0 Å². The highest BCUT2D eigenvalue weighted by molar-refractivity contribution is 6.02. The number of amides is 3. The summed E-state index contributed by atoms with van der Waals surface area (Å²) in [5.41, 5.74) is 0.759. The fourth-order valence-corrected chi connectivity index (χ4v) is 5.24. The number of hydrogen-bond acceptors (Lipinski definition) is 9. The van der Waals surface area contributed by atoms with E-state index in [2.05, 4.69) is 20.6 Å². The maximum atomic E-state index is 14.9. The largest absolute Gasteiger partial charge is 0.495 e. The van der Waals surface area contributed by atoms with Crippen molar-refractivity contribution in [3.63, 3.8) is 0 Å². The number of likely N-dealkylation sites (tertiary alicyclic amines) is 1. The van der Waals surface area contributed by atoms with Crippen molar-refractivity contribution in [3.05, 3.63) is 60.3 Å². The van der Waals surface area contributed by atoms with Crippen LogP contribution in [0.1, 0.15) is 44.0 Å². The van der Waals surface area contributed by atoms with Gasteiger partial charge in [-0.3, -0.25) is 9.59 Å². The molecule has 1 aromatic heterocycles. The summed E-state index contributed by atoms with van der Waals surface area (Å²) in [4.78, 5) is 50.6. The van der Waals surface area contributed by atoms with E-state index in [4.69, 9.17) is 9.47 Å². The number of ether oxygens (including phenoxy) is 2. The van der Waals surface area contributed by atoms with E-state index in [0.29, 0.717) is 48.6 Å². The number of halogens is 2. The van der Waals surface area contributed by atoms with Crippen LogP contribution in [0.2, 0.25) is 0 Å². The second-order valence-corrected chi connectivity index (χ2v) is 12.1. The summed E-state index contributed by atoms with van der Waals surface area (Å²) in [5.74, 6) is -4.82. The van der Waals surface area contributed by atoms with Gasteiger partial charge in [-0.1, -0.05) is 18.2 Å². The number of benzene rings is 2. The van der Waals surface area contributed by atoms with Crippen molar-refractivity contribution in [1.29, 1.82) is 0 Å². The number of hydrogen-bond donors (Lipinski definition) is 2. The number of methoxy groups -OCH3 is 1. The number of carbonyl (C=O) groups is 3. The van der Waals surface area contributed by atoms with Crippen LogP contribution in [-0.4, -0.2) is 84.1 Å². The van der Waals surface area contributed by atoms with E-state index in [1.807, 2.05) is 20.8 Å². The molecule has 0 unspecified atom stereocenters. The molecule has 0 atom stereocenters. The van der Waals surface area contributed by atoms with E-state index in [0.717, 1.165) is 4.90 Å². The van der Waals surface area contributed by atoms with Gasteiger partial charge in [0.05, 0.1) is 25.5 Å². The molecule has 46 heavy (non-hydrogen) atoms. The number of rotatable bonds is 6. The summed E-state index contributed by atoms with van der Waals surface area (Å²) in [6.45, 7) is 5.49. The molecule has 3 heterocycles. The SMILES string of the molecule is COc1cc(C(=O)NC2CCN(C(=O)OC(C)(C)C)CC2)ccc1Nc1ncc2c(n1)N(c1ccccc1)CC(F)(F)C(=O)N2C. The number of nitrogens with zero attached hydrogens (tertiary/aromatic N) is 5. The molecule has 0 spiro atoms. The highest BCUT2D eigenvalue weighted by Gasteiger charge is 2.47. The van der Waals surface area contributed by atoms with Gasteiger partial charge in [-0.25, -0.2) is 9.78 Å². The molecule has 0 bridgehead atoms. The lowest BCUT2D eigenvalue weighted by Gasteiger charge is -2.33. The number of fused-ring (bicyclic) bond motifs is 1. The Hall–Kier alpha value is -5.01. The summed E-state index contributed by atoms with van der Waals surface area (Å²) in [5, 5.41) is 6.07. The number of nitrogens with one attached hydrogen (secondary N) is 2. The Kier molecular flexibility index (Phi) is 8.99. The average molecular weight is 638 g/mol. The maximum Gasteiger partial charge on any atom is 0.410 e. The van der Waals surface area contributed by atoms with Gasteiger partial charge in [0.25, 0.3) is 11.8 Å². The minimum absolute atomic E-state index is 0.0676. The van der Waals surface area contributed by atoms with E-state index in [-0.39, 0.29) is 35.5 Å².